The van der Waals surface area contributed by atoms with Crippen molar-refractivity contribution in [2.45, 2.75) is 11.4 Å². The van der Waals surface area contributed by atoms with Gasteiger partial charge in [0.2, 0.25) is 5.91 Å². The first-order chi connectivity index (χ1) is 11.7. The molecule has 0 saturated carbocycles. The van der Waals surface area contributed by atoms with E-state index in [-0.39, 0.29) is 5.91 Å². The normalized spacial score (nSPS) is 15.5. The predicted octanol–water partition coefficient (Wildman–Crippen LogP) is 3.17. The Morgan fingerprint density at radius 1 is 1.12 bits per heavy atom. The number of hydrogen-bond acceptors (Lipinski definition) is 4. The Balaban J connectivity index is 1.44. The van der Waals surface area contributed by atoms with E-state index < -0.39 is 0 Å². The third kappa shape index (κ3) is 4.72. The second-order valence-electron chi connectivity index (χ2n) is 5.74. The number of hydrogen-bond donors (Lipinski definition) is 0. The van der Waals surface area contributed by atoms with Gasteiger partial charge in [-0.3, -0.25) is 14.7 Å². The van der Waals surface area contributed by atoms with Gasteiger partial charge in [0.05, 0.1) is 10.8 Å². The molecule has 1 aliphatic heterocycles. The summed E-state index contributed by atoms with van der Waals surface area (Å²) in [7, 11) is 0. The van der Waals surface area contributed by atoms with Crippen LogP contribution in [0.4, 0.5) is 0 Å². The van der Waals surface area contributed by atoms with Crippen LogP contribution in [-0.4, -0.2) is 52.6 Å². The van der Waals surface area contributed by atoms with Gasteiger partial charge in [0.1, 0.15) is 0 Å². The van der Waals surface area contributed by atoms with Crippen LogP contribution in [-0.2, 0) is 11.3 Å². The molecule has 1 amide bonds. The monoisotopic (exact) mass is 361 g/mol. The summed E-state index contributed by atoms with van der Waals surface area (Å²) in [5.41, 5.74) is 1.21. The van der Waals surface area contributed by atoms with Crippen LogP contribution in [0.1, 0.15) is 5.56 Å². The fourth-order valence-electron chi connectivity index (χ4n) is 2.70. The fraction of sp³-hybridized carbons (Fsp3) is 0.333. The summed E-state index contributed by atoms with van der Waals surface area (Å²) in [6, 6.07) is 11.7. The number of thioether (sulfide) groups is 1. The van der Waals surface area contributed by atoms with Crippen LogP contribution in [0.2, 0.25) is 5.02 Å². The second-order valence-corrected chi connectivity index (χ2v) is 7.16. The Morgan fingerprint density at radius 3 is 2.62 bits per heavy atom. The third-order valence-electron chi connectivity index (χ3n) is 4.04. The highest BCUT2D eigenvalue weighted by Gasteiger charge is 2.21. The van der Waals surface area contributed by atoms with E-state index in [1.54, 1.807) is 6.20 Å². The van der Waals surface area contributed by atoms with Gasteiger partial charge in [0.15, 0.2) is 0 Å². The lowest BCUT2D eigenvalue weighted by Crippen LogP contribution is -2.48. The van der Waals surface area contributed by atoms with Crippen LogP contribution in [0, 0.1) is 0 Å². The van der Waals surface area contributed by atoms with Crippen molar-refractivity contribution < 1.29 is 4.79 Å². The number of pyridine rings is 1. The van der Waals surface area contributed by atoms with Crippen molar-refractivity contribution in [3.05, 3.63) is 59.4 Å². The molecule has 2 heterocycles. The first-order valence-electron chi connectivity index (χ1n) is 7.99. The van der Waals surface area contributed by atoms with Gasteiger partial charge in [-0.15, -0.1) is 11.8 Å². The predicted molar refractivity (Wildman–Crippen MR) is 98.3 cm³/mol. The number of aromatic nitrogens is 1. The van der Waals surface area contributed by atoms with Gasteiger partial charge in [-0.05, 0) is 23.8 Å². The molecule has 0 aliphatic carbocycles. The topological polar surface area (TPSA) is 36.4 Å². The van der Waals surface area contributed by atoms with Gasteiger partial charge in [-0.25, -0.2) is 0 Å². The Bertz CT molecular complexity index is 675. The van der Waals surface area contributed by atoms with E-state index in [2.05, 4.69) is 16.0 Å². The molecule has 3 rings (SSSR count). The molecule has 6 heteroatoms. The van der Waals surface area contributed by atoms with E-state index in [4.69, 9.17) is 11.6 Å². The minimum absolute atomic E-state index is 0.181. The number of piperazine rings is 1. The first kappa shape index (κ1) is 17.3. The number of carbonyl (C=O) groups is 1. The molecule has 1 aromatic heterocycles. The summed E-state index contributed by atoms with van der Waals surface area (Å²) in [6.45, 7) is 4.25. The molecule has 2 aromatic rings. The quantitative estimate of drug-likeness (QED) is 0.766. The molecule has 0 spiro atoms. The Morgan fingerprint density at radius 2 is 1.92 bits per heavy atom. The second kappa shape index (κ2) is 8.51. The summed E-state index contributed by atoms with van der Waals surface area (Å²) >= 11 is 7.64. The summed E-state index contributed by atoms with van der Waals surface area (Å²) in [5.74, 6) is 0.618. The maximum atomic E-state index is 12.4. The van der Waals surface area contributed by atoms with Crippen molar-refractivity contribution in [1.29, 1.82) is 0 Å². The largest absolute Gasteiger partial charge is 0.339 e. The molecule has 24 heavy (non-hydrogen) atoms. The lowest BCUT2D eigenvalue weighted by atomic mass is 10.2. The molecule has 1 aromatic carbocycles. The lowest BCUT2D eigenvalue weighted by Gasteiger charge is -2.34. The highest BCUT2D eigenvalue weighted by Crippen LogP contribution is 2.26. The van der Waals surface area contributed by atoms with E-state index in [1.807, 2.05) is 41.4 Å². The van der Waals surface area contributed by atoms with Gasteiger partial charge in [-0.1, -0.05) is 29.8 Å². The van der Waals surface area contributed by atoms with Gasteiger partial charge < -0.3 is 4.90 Å². The van der Waals surface area contributed by atoms with Crippen molar-refractivity contribution in [3.63, 3.8) is 0 Å². The average molecular weight is 362 g/mol. The van der Waals surface area contributed by atoms with Crippen LogP contribution in [0.25, 0.3) is 0 Å². The maximum absolute atomic E-state index is 12.4. The Labute approximate surface area is 151 Å². The van der Waals surface area contributed by atoms with E-state index >= 15 is 0 Å². The van der Waals surface area contributed by atoms with Crippen molar-refractivity contribution in [2.75, 3.05) is 31.9 Å². The molecule has 0 bridgehead atoms. The van der Waals surface area contributed by atoms with Gasteiger partial charge in [0.25, 0.3) is 0 Å². The van der Waals surface area contributed by atoms with Crippen LogP contribution < -0.4 is 0 Å². The highest BCUT2D eigenvalue weighted by atomic mass is 35.5. The SMILES string of the molecule is O=C(CSc1ccccc1Cl)N1CCN(Cc2cccnc2)CC1. The van der Waals surface area contributed by atoms with Crippen LogP contribution in [0.15, 0.2) is 53.7 Å². The molecule has 1 saturated heterocycles. The minimum Gasteiger partial charge on any atom is -0.339 e. The van der Waals surface area contributed by atoms with Crippen molar-refractivity contribution in [3.8, 4) is 0 Å². The van der Waals surface area contributed by atoms with E-state index in [1.165, 1.54) is 17.3 Å². The summed E-state index contributed by atoms with van der Waals surface area (Å²) < 4.78 is 0. The summed E-state index contributed by atoms with van der Waals surface area (Å²) in [6.07, 6.45) is 3.69. The number of amides is 1. The number of benzene rings is 1. The van der Waals surface area contributed by atoms with Crippen molar-refractivity contribution >= 4 is 29.3 Å². The van der Waals surface area contributed by atoms with E-state index in [9.17, 15) is 4.79 Å². The molecular formula is C18H20ClN3OS. The third-order valence-corrected chi connectivity index (χ3v) is 5.54. The Hall–Kier alpha value is -1.56. The molecule has 0 unspecified atom stereocenters. The molecule has 4 nitrogen and oxygen atoms in total. The zero-order valence-electron chi connectivity index (χ0n) is 13.4. The van der Waals surface area contributed by atoms with Crippen molar-refractivity contribution in [2.24, 2.45) is 0 Å². The number of rotatable bonds is 5. The molecule has 1 aliphatic rings. The average Bonchev–Trinajstić information content (AvgIpc) is 2.62. The van der Waals surface area contributed by atoms with Crippen LogP contribution >= 0.6 is 23.4 Å². The van der Waals surface area contributed by atoms with Crippen LogP contribution in [0.3, 0.4) is 0 Å². The lowest BCUT2D eigenvalue weighted by molar-refractivity contribution is -0.130. The van der Waals surface area contributed by atoms with Gasteiger partial charge in [0, 0.05) is 50.0 Å². The van der Waals surface area contributed by atoms with E-state index in [0.29, 0.717) is 10.8 Å². The molecular weight excluding hydrogens is 342 g/mol. The zero-order chi connectivity index (χ0) is 16.8. The molecule has 126 valence electrons. The number of carbonyl (C=O) groups excluding carboxylic acids is 1. The molecule has 0 atom stereocenters. The first-order valence-corrected chi connectivity index (χ1v) is 9.35. The maximum Gasteiger partial charge on any atom is 0.233 e. The van der Waals surface area contributed by atoms with Gasteiger partial charge in [-0.2, -0.15) is 0 Å². The fourth-order valence-corrected chi connectivity index (χ4v) is 3.84. The minimum atomic E-state index is 0.181. The molecule has 1 fully saturated rings. The molecule has 0 radical (unpaired) electrons. The van der Waals surface area contributed by atoms with Crippen LogP contribution in [0.5, 0.6) is 0 Å². The van der Waals surface area contributed by atoms with E-state index in [0.717, 1.165) is 37.6 Å². The Kier molecular flexibility index (Phi) is 6.12. The zero-order valence-corrected chi connectivity index (χ0v) is 15.0. The smallest absolute Gasteiger partial charge is 0.233 e. The van der Waals surface area contributed by atoms with Gasteiger partial charge >= 0.3 is 0 Å². The summed E-state index contributed by atoms with van der Waals surface area (Å²) in [5, 5.41) is 0.705. The summed E-state index contributed by atoms with van der Waals surface area (Å²) in [4.78, 5) is 21.8. The number of nitrogens with zero attached hydrogens (tertiary/aromatic N) is 3. The standard InChI is InChI=1S/C18H20ClN3OS/c19-16-5-1-2-6-17(16)24-14-18(23)22-10-8-21(9-11-22)13-15-4-3-7-20-12-15/h1-7,12H,8-11,13-14H2. The highest BCUT2D eigenvalue weighted by molar-refractivity contribution is 8.00. The number of halogens is 1. The molecule has 0 N–H and O–H groups in total. The van der Waals surface area contributed by atoms with Crippen molar-refractivity contribution in [1.82, 2.24) is 14.8 Å².